The first kappa shape index (κ1) is 15.8. The van der Waals surface area contributed by atoms with E-state index >= 15 is 0 Å². The smallest absolute Gasteiger partial charge is 0.335 e. The maximum atomic E-state index is 13.7. The molecular weight excluding hydrogens is 304 g/mol. The van der Waals surface area contributed by atoms with Crippen LogP contribution in [0.25, 0.3) is 0 Å². The second-order valence-electron chi connectivity index (χ2n) is 5.28. The minimum atomic E-state index is -4.31. The van der Waals surface area contributed by atoms with Gasteiger partial charge in [-0.2, -0.15) is 0 Å². The number of benzene rings is 1. The molecule has 1 unspecified atom stereocenters. The topological polar surface area (TPSA) is 83.5 Å². The van der Waals surface area contributed by atoms with E-state index in [0.29, 0.717) is 24.5 Å². The van der Waals surface area contributed by atoms with Crippen LogP contribution >= 0.6 is 0 Å². The minimum absolute atomic E-state index is 0.432. The zero-order valence-electron chi connectivity index (χ0n) is 11.3. The summed E-state index contributed by atoms with van der Waals surface area (Å²) in [5.41, 5.74) is -0.621. The molecule has 116 valence electrons. The van der Waals surface area contributed by atoms with Crippen molar-refractivity contribution in [1.82, 2.24) is 4.72 Å². The van der Waals surface area contributed by atoms with Gasteiger partial charge >= 0.3 is 5.97 Å². The highest BCUT2D eigenvalue weighted by Crippen LogP contribution is 2.33. The molecule has 1 atom stereocenters. The average molecular weight is 319 g/mol. The van der Waals surface area contributed by atoms with Crippen molar-refractivity contribution >= 4 is 16.0 Å². The fourth-order valence-electron chi connectivity index (χ4n) is 2.11. The van der Waals surface area contributed by atoms with Crippen molar-refractivity contribution in [1.29, 1.82) is 0 Å². The Hall–Kier alpha value is -1.54. The Labute approximate surface area is 121 Å². The van der Waals surface area contributed by atoms with Gasteiger partial charge < -0.3 is 5.11 Å². The van der Waals surface area contributed by atoms with E-state index in [0.717, 1.165) is 12.8 Å². The SMILES string of the molecule is CC(CC1CC1)NS(=O)(=O)c1cc(C(=O)O)cc(F)c1F. The van der Waals surface area contributed by atoms with Crippen molar-refractivity contribution < 1.29 is 27.1 Å². The van der Waals surface area contributed by atoms with E-state index in [1.807, 2.05) is 0 Å². The number of hydrogen-bond acceptors (Lipinski definition) is 3. The lowest BCUT2D eigenvalue weighted by Crippen LogP contribution is -2.33. The molecule has 0 aliphatic heterocycles. The van der Waals surface area contributed by atoms with Crippen molar-refractivity contribution in [2.75, 3.05) is 0 Å². The molecule has 0 radical (unpaired) electrons. The molecule has 1 aromatic rings. The molecular formula is C13H15F2NO4S. The van der Waals surface area contributed by atoms with Crippen molar-refractivity contribution in [3.05, 3.63) is 29.3 Å². The number of aromatic carboxylic acids is 1. The van der Waals surface area contributed by atoms with Crippen LogP contribution in [0.3, 0.4) is 0 Å². The van der Waals surface area contributed by atoms with Crippen molar-refractivity contribution in [3.63, 3.8) is 0 Å². The van der Waals surface area contributed by atoms with Gasteiger partial charge in [-0.05, 0) is 31.4 Å². The van der Waals surface area contributed by atoms with Crippen LogP contribution in [0.2, 0.25) is 0 Å². The highest BCUT2D eigenvalue weighted by atomic mass is 32.2. The van der Waals surface area contributed by atoms with Crippen LogP contribution in [0.4, 0.5) is 8.78 Å². The van der Waals surface area contributed by atoms with E-state index in [1.165, 1.54) is 0 Å². The van der Waals surface area contributed by atoms with E-state index < -0.39 is 44.1 Å². The van der Waals surface area contributed by atoms with Crippen LogP contribution in [0.1, 0.15) is 36.5 Å². The van der Waals surface area contributed by atoms with E-state index in [1.54, 1.807) is 6.92 Å². The van der Waals surface area contributed by atoms with Crippen molar-refractivity contribution in [2.45, 2.75) is 37.1 Å². The van der Waals surface area contributed by atoms with Gasteiger partial charge in [0, 0.05) is 6.04 Å². The van der Waals surface area contributed by atoms with Crippen LogP contribution < -0.4 is 4.72 Å². The Morgan fingerprint density at radius 2 is 2.05 bits per heavy atom. The summed E-state index contributed by atoms with van der Waals surface area (Å²) >= 11 is 0. The summed E-state index contributed by atoms with van der Waals surface area (Å²) in [5.74, 6) is -4.16. The number of halogens is 2. The molecule has 21 heavy (non-hydrogen) atoms. The number of hydrogen-bond donors (Lipinski definition) is 2. The zero-order valence-corrected chi connectivity index (χ0v) is 12.1. The molecule has 0 heterocycles. The number of carboxylic acid groups (broad SMARTS) is 1. The molecule has 1 saturated carbocycles. The number of carboxylic acids is 1. The molecule has 0 bridgehead atoms. The Morgan fingerprint density at radius 3 is 2.57 bits per heavy atom. The lowest BCUT2D eigenvalue weighted by molar-refractivity contribution is 0.0696. The van der Waals surface area contributed by atoms with Gasteiger partial charge in [0.2, 0.25) is 10.0 Å². The summed E-state index contributed by atoms with van der Waals surface area (Å²) in [7, 11) is -4.31. The molecule has 1 aliphatic rings. The van der Waals surface area contributed by atoms with Crippen LogP contribution in [-0.4, -0.2) is 25.5 Å². The molecule has 5 nitrogen and oxygen atoms in total. The average Bonchev–Trinajstić information content (AvgIpc) is 3.14. The van der Waals surface area contributed by atoms with E-state index in [2.05, 4.69) is 4.72 Å². The predicted octanol–water partition coefficient (Wildman–Crippen LogP) is 2.13. The van der Waals surface area contributed by atoms with Gasteiger partial charge in [-0.25, -0.2) is 26.7 Å². The van der Waals surface area contributed by atoms with Gasteiger partial charge in [0.25, 0.3) is 0 Å². The summed E-state index contributed by atoms with van der Waals surface area (Å²) in [6, 6.07) is 0.635. The monoisotopic (exact) mass is 319 g/mol. The van der Waals surface area contributed by atoms with Crippen LogP contribution in [0.5, 0.6) is 0 Å². The zero-order chi connectivity index (χ0) is 15.8. The van der Waals surface area contributed by atoms with Gasteiger partial charge in [-0.1, -0.05) is 12.8 Å². The quantitative estimate of drug-likeness (QED) is 0.841. The summed E-state index contributed by atoms with van der Waals surface area (Å²) in [5, 5.41) is 8.80. The number of nitrogens with one attached hydrogen (secondary N) is 1. The molecule has 1 fully saturated rings. The molecule has 2 rings (SSSR count). The maximum Gasteiger partial charge on any atom is 0.335 e. The molecule has 1 aromatic carbocycles. The normalized spacial score (nSPS) is 16.7. The van der Waals surface area contributed by atoms with Gasteiger partial charge in [-0.3, -0.25) is 0 Å². The summed E-state index contributed by atoms with van der Waals surface area (Å²) in [6.07, 6.45) is 2.68. The van der Waals surface area contributed by atoms with Crippen LogP contribution in [0.15, 0.2) is 17.0 Å². The molecule has 1 aliphatic carbocycles. The maximum absolute atomic E-state index is 13.7. The fourth-order valence-corrected chi connectivity index (χ4v) is 3.48. The summed E-state index contributed by atoms with van der Waals surface area (Å²) in [6.45, 7) is 1.63. The lowest BCUT2D eigenvalue weighted by atomic mass is 10.2. The molecule has 0 saturated heterocycles. The Kier molecular flexibility index (Phi) is 4.29. The summed E-state index contributed by atoms with van der Waals surface area (Å²) in [4.78, 5) is 9.83. The molecule has 0 aromatic heterocycles. The molecule has 8 heteroatoms. The first-order chi connectivity index (χ1) is 9.70. The van der Waals surface area contributed by atoms with Crippen LogP contribution in [0, 0.1) is 17.6 Å². The van der Waals surface area contributed by atoms with Crippen molar-refractivity contribution in [3.8, 4) is 0 Å². The van der Waals surface area contributed by atoms with E-state index in [-0.39, 0.29) is 0 Å². The third-order valence-electron chi connectivity index (χ3n) is 3.27. The third-order valence-corrected chi connectivity index (χ3v) is 4.86. The van der Waals surface area contributed by atoms with Gasteiger partial charge in [-0.15, -0.1) is 0 Å². The third kappa shape index (κ3) is 3.76. The van der Waals surface area contributed by atoms with E-state index in [4.69, 9.17) is 5.11 Å². The highest BCUT2D eigenvalue weighted by Gasteiger charge is 2.29. The molecule has 0 spiro atoms. The second-order valence-corrected chi connectivity index (χ2v) is 6.96. The van der Waals surface area contributed by atoms with Crippen LogP contribution in [-0.2, 0) is 10.0 Å². The second kappa shape index (κ2) is 5.69. The largest absolute Gasteiger partial charge is 0.478 e. The van der Waals surface area contributed by atoms with Gasteiger partial charge in [0.1, 0.15) is 4.90 Å². The van der Waals surface area contributed by atoms with Gasteiger partial charge in [0.05, 0.1) is 5.56 Å². The lowest BCUT2D eigenvalue weighted by Gasteiger charge is -2.14. The van der Waals surface area contributed by atoms with E-state index in [9.17, 15) is 22.0 Å². The molecule has 0 amide bonds. The predicted molar refractivity (Wildman–Crippen MR) is 70.4 cm³/mol. The first-order valence-corrected chi connectivity index (χ1v) is 7.93. The Bertz CT molecular complexity index is 671. The summed E-state index contributed by atoms with van der Waals surface area (Å²) < 4.78 is 53.5. The number of sulfonamides is 1. The first-order valence-electron chi connectivity index (χ1n) is 6.45. The number of rotatable bonds is 6. The molecule has 2 N–H and O–H groups in total. The standard InChI is InChI=1S/C13H15F2NO4S/c1-7(4-8-2-3-8)16-21(19,20)11-6-9(13(17)18)5-10(14)12(11)15/h5-8,16H,2-4H2,1H3,(H,17,18). The fraction of sp³-hybridized carbons (Fsp3) is 0.462. The van der Waals surface area contributed by atoms with Crippen molar-refractivity contribution in [2.24, 2.45) is 5.92 Å². The van der Waals surface area contributed by atoms with Gasteiger partial charge in [0.15, 0.2) is 11.6 Å². The highest BCUT2D eigenvalue weighted by molar-refractivity contribution is 7.89. The Balaban J connectivity index is 2.31. The Morgan fingerprint density at radius 1 is 1.43 bits per heavy atom. The number of carbonyl (C=O) groups is 1. The minimum Gasteiger partial charge on any atom is -0.478 e.